The summed E-state index contributed by atoms with van der Waals surface area (Å²) in [5.74, 6) is 3.83. The molecule has 1 spiro atoms. The van der Waals surface area contributed by atoms with Crippen molar-refractivity contribution in [2.45, 2.75) is 49.8 Å². The van der Waals surface area contributed by atoms with Gasteiger partial charge in [-0.3, -0.25) is 0 Å². The van der Waals surface area contributed by atoms with Gasteiger partial charge < -0.3 is 0 Å². The highest BCUT2D eigenvalue weighted by atomic mass is 79.9. The third kappa shape index (κ3) is 4.43. The van der Waals surface area contributed by atoms with Crippen molar-refractivity contribution in [1.29, 1.82) is 0 Å². The molecule has 190 valence electrons. The molecule has 4 unspecified atom stereocenters. The quantitative estimate of drug-likeness (QED) is 0.300. The average molecular weight is 563 g/mol. The summed E-state index contributed by atoms with van der Waals surface area (Å²) in [4.78, 5) is 15.7. The van der Waals surface area contributed by atoms with Crippen LogP contribution in [0.15, 0.2) is 108 Å². The normalized spacial score (nSPS) is 29.8. The molecular formula is C34H32BrN3. The van der Waals surface area contributed by atoms with E-state index in [1.807, 2.05) is 12.1 Å². The van der Waals surface area contributed by atoms with Gasteiger partial charge in [-0.2, -0.15) is 0 Å². The number of halogens is 1. The van der Waals surface area contributed by atoms with Gasteiger partial charge in [-0.05, 0) is 43.9 Å². The van der Waals surface area contributed by atoms with Crippen LogP contribution in [-0.4, -0.2) is 19.8 Å². The SMILES string of the molecule is CC1CC2=CC(Br)C3(C=C2)CC3CC2=CC=C(C1)[C@@H](c1nc(-c3ccccc3)nc(-c3ccccc3)n1)C2. The fourth-order valence-corrected chi connectivity index (χ4v) is 7.71. The average Bonchev–Trinajstić information content (AvgIpc) is 3.64. The van der Waals surface area contributed by atoms with Gasteiger partial charge in [0.25, 0.3) is 0 Å². The second-order valence-electron chi connectivity index (χ2n) is 11.6. The van der Waals surface area contributed by atoms with E-state index in [0.29, 0.717) is 16.7 Å². The van der Waals surface area contributed by atoms with Gasteiger partial charge in [-0.25, -0.2) is 15.0 Å². The Morgan fingerprint density at radius 3 is 2.13 bits per heavy atom. The zero-order valence-corrected chi connectivity index (χ0v) is 23.3. The maximum atomic E-state index is 5.14. The van der Waals surface area contributed by atoms with Crippen LogP contribution in [0.25, 0.3) is 22.8 Å². The van der Waals surface area contributed by atoms with E-state index in [1.165, 1.54) is 23.1 Å². The van der Waals surface area contributed by atoms with Crippen molar-refractivity contribution >= 4 is 15.9 Å². The minimum absolute atomic E-state index is 0.181. The van der Waals surface area contributed by atoms with E-state index in [4.69, 9.17) is 15.0 Å². The maximum Gasteiger partial charge on any atom is 0.163 e. The van der Waals surface area contributed by atoms with Crippen molar-refractivity contribution in [3.8, 4) is 22.8 Å². The van der Waals surface area contributed by atoms with Crippen LogP contribution in [0.3, 0.4) is 0 Å². The lowest BCUT2D eigenvalue weighted by Gasteiger charge is -2.27. The lowest BCUT2D eigenvalue weighted by molar-refractivity contribution is 0.535. The first-order chi connectivity index (χ1) is 18.6. The highest BCUT2D eigenvalue weighted by molar-refractivity contribution is 9.09. The molecule has 4 heteroatoms. The largest absolute Gasteiger partial charge is 0.212 e. The van der Waals surface area contributed by atoms with Gasteiger partial charge in [-0.1, -0.05) is 131 Å². The number of alkyl halides is 1. The first-order valence-corrected chi connectivity index (χ1v) is 14.8. The van der Waals surface area contributed by atoms with E-state index in [-0.39, 0.29) is 11.3 Å². The molecule has 0 N–H and O–H groups in total. The van der Waals surface area contributed by atoms with Crippen LogP contribution in [-0.2, 0) is 0 Å². The van der Waals surface area contributed by atoms with Gasteiger partial charge in [0.15, 0.2) is 11.6 Å². The summed E-state index contributed by atoms with van der Waals surface area (Å²) in [5.41, 5.74) is 6.79. The molecule has 3 aromatic rings. The minimum atomic E-state index is 0.181. The summed E-state index contributed by atoms with van der Waals surface area (Å²) in [5, 5.41) is 0. The number of nitrogens with zero attached hydrogens (tertiary/aromatic N) is 3. The molecule has 1 aromatic heterocycles. The number of hydrogen-bond donors (Lipinski definition) is 0. The Balaban J connectivity index is 1.30. The van der Waals surface area contributed by atoms with E-state index < -0.39 is 0 Å². The monoisotopic (exact) mass is 561 g/mol. The third-order valence-corrected chi connectivity index (χ3v) is 9.95. The second kappa shape index (κ2) is 9.57. The molecule has 1 heterocycles. The molecule has 38 heavy (non-hydrogen) atoms. The molecular weight excluding hydrogens is 530 g/mol. The molecule has 0 aliphatic heterocycles. The Bertz CT molecular complexity index is 1430. The minimum Gasteiger partial charge on any atom is -0.212 e. The Morgan fingerprint density at radius 1 is 0.789 bits per heavy atom. The molecule has 10 rings (SSSR count). The summed E-state index contributed by atoms with van der Waals surface area (Å²) in [6, 6.07) is 20.7. The van der Waals surface area contributed by atoms with E-state index in [2.05, 4.69) is 102 Å². The Labute approximate surface area is 233 Å². The van der Waals surface area contributed by atoms with Crippen molar-refractivity contribution in [2.75, 3.05) is 0 Å². The number of benzene rings is 2. The van der Waals surface area contributed by atoms with Crippen LogP contribution in [0.2, 0.25) is 0 Å². The van der Waals surface area contributed by atoms with Gasteiger partial charge in [-0.15, -0.1) is 0 Å². The predicted octanol–water partition coefficient (Wildman–Crippen LogP) is 8.63. The van der Waals surface area contributed by atoms with Crippen molar-refractivity contribution in [1.82, 2.24) is 15.0 Å². The number of rotatable bonds is 3. The smallest absolute Gasteiger partial charge is 0.163 e. The number of aromatic nitrogens is 3. The summed E-state index contributed by atoms with van der Waals surface area (Å²) < 4.78 is 0. The molecule has 7 aliphatic carbocycles. The molecule has 0 amide bonds. The fourth-order valence-electron chi connectivity index (χ4n) is 6.66. The number of hydrogen-bond acceptors (Lipinski definition) is 3. The lowest BCUT2D eigenvalue weighted by Crippen LogP contribution is -2.18. The summed E-state index contributed by atoms with van der Waals surface area (Å²) in [7, 11) is 0. The second-order valence-corrected chi connectivity index (χ2v) is 12.6. The first kappa shape index (κ1) is 24.0. The van der Waals surface area contributed by atoms with Gasteiger partial charge in [0.1, 0.15) is 5.82 Å². The van der Waals surface area contributed by atoms with Crippen molar-refractivity contribution < 1.29 is 0 Å². The Hall–Kier alpha value is -3.11. The maximum absolute atomic E-state index is 5.14. The van der Waals surface area contributed by atoms with Crippen LogP contribution in [0, 0.1) is 17.3 Å². The highest BCUT2D eigenvalue weighted by Crippen LogP contribution is 2.63. The molecule has 0 saturated heterocycles. The van der Waals surface area contributed by atoms with E-state index in [9.17, 15) is 0 Å². The zero-order valence-electron chi connectivity index (χ0n) is 21.7. The highest BCUT2D eigenvalue weighted by Gasteiger charge is 2.56. The van der Waals surface area contributed by atoms with Crippen molar-refractivity contribution in [3.05, 3.63) is 114 Å². The Kier molecular flexibility index (Phi) is 6.04. The van der Waals surface area contributed by atoms with Crippen LogP contribution in [0.1, 0.15) is 50.8 Å². The topological polar surface area (TPSA) is 38.7 Å². The van der Waals surface area contributed by atoms with E-state index in [0.717, 1.165) is 54.3 Å². The van der Waals surface area contributed by atoms with Crippen LogP contribution < -0.4 is 0 Å². The summed E-state index contributed by atoms with van der Waals surface area (Å²) >= 11 is 4.05. The van der Waals surface area contributed by atoms with Gasteiger partial charge in [0.05, 0.1) is 0 Å². The third-order valence-electron chi connectivity index (χ3n) is 8.83. The van der Waals surface area contributed by atoms with Crippen molar-refractivity contribution in [2.24, 2.45) is 17.3 Å². The van der Waals surface area contributed by atoms with Gasteiger partial charge >= 0.3 is 0 Å². The fraction of sp³-hybridized carbons (Fsp3) is 0.324. The number of allylic oxidation sites excluding steroid dienone is 8. The van der Waals surface area contributed by atoms with Crippen LogP contribution in [0.5, 0.6) is 0 Å². The Morgan fingerprint density at radius 2 is 1.47 bits per heavy atom. The van der Waals surface area contributed by atoms with Crippen molar-refractivity contribution in [3.63, 3.8) is 0 Å². The van der Waals surface area contributed by atoms with E-state index >= 15 is 0 Å². The summed E-state index contributed by atoms with van der Waals surface area (Å²) in [6.07, 6.45) is 17.8. The molecule has 2 aromatic carbocycles. The lowest BCUT2D eigenvalue weighted by atomic mass is 9.80. The molecule has 0 radical (unpaired) electrons. The zero-order chi connectivity index (χ0) is 25.7. The standard InChI is InChI=1S/C34H32BrN3/c1-22-16-24-14-15-34(30(35)20-24)21-28(34)18-23-12-13-27(17-22)29(19-23)33-37-31(25-8-4-2-5-9-25)36-32(38-33)26-10-6-3-7-11-26/h2-15,20,22,28-30H,16-19,21H2,1H3/t22?,28?,29-,30?,34?/m0/s1. The molecule has 3 nitrogen and oxygen atoms in total. The molecule has 7 aliphatic rings. The van der Waals surface area contributed by atoms with Gasteiger partial charge in [0.2, 0.25) is 0 Å². The predicted molar refractivity (Wildman–Crippen MR) is 158 cm³/mol. The first-order valence-electron chi connectivity index (χ1n) is 13.9. The molecule has 1 fully saturated rings. The van der Waals surface area contributed by atoms with Crippen LogP contribution >= 0.6 is 15.9 Å². The molecule has 1 saturated carbocycles. The molecule has 5 atom stereocenters. The van der Waals surface area contributed by atoms with E-state index in [1.54, 1.807) is 0 Å². The van der Waals surface area contributed by atoms with Gasteiger partial charge in [0, 0.05) is 27.3 Å². The molecule has 4 bridgehead atoms. The van der Waals surface area contributed by atoms with Crippen LogP contribution in [0.4, 0.5) is 0 Å². The summed E-state index contributed by atoms with van der Waals surface area (Å²) in [6.45, 7) is 2.39.